The van der Waals surface area contributed by atoms with Gasteiger partial charge >= 0.3 is 0 Å². The van der Waals surface area contributed by atoms with E-state index in [9.17, 15) is 13.2 Å². The fourth-order valence-corrected chi connectivity index (χ4v) is 4.93. The molecule has 0 aliphatic carbocycles. The Hall–Kier alpha value is -2.83. The molecule has 3 aromatic carbocycles. The first-order chi connectivity index (χ1) is 14.6. The summed E-state index contributed by atoms with van der Waals surface area (Å²) < 4.78 is 33.8. The van der Waals surface area contributed by atoms with Crippen LogP contribution in [0.15, 0.2) is 71.6 Å². The molecule has 0 aliphatic heterocycles. The van der Waals surface area contributed by atoms with Crippen molar-refractivity contribution < 1.29 is 17.9 Å². The van der Waals surface area contributed by atoms with Gasteiger partial charge in [0.05, 0.1) is 10.6 Å². The van der Waals surface area contributed by atoms with Gasteiger partial charge in [-0.3, -0.25) is 4.79 Å². The molecule has 162 valence electrons. The van der Waals surface area contributed by atoms with Crippen molar-refractivity contribution in [2.45, 2.75) is 38.7 Å². The molecule has 1 atom stereocenters. The molecule has 0 heterocycles. The number of anilines is 1. The van der Waals surface area contributed by atoms with Gasteiger partial charge in [-0.1, -0.05) is 41.9 Å². The van der Waals surface area contributed by atoms with Crippen molar-refractivity contribution in [2.24, 2.45) is 0 Å². The Morgan fingerprint density at radius 3 is 2.26 bits per heavy atom. The Bertz CT molecular complexity index is 1210. The van der Waals surface area contributed by atoms with Crippen LogP contribution in [0.2, 0.25) is 5.02 Å². The molecular formula is C24H24ClNO4S. The molecule has 3 rings (SSSR count). The van der Waals surface area contributed by atoms with Gasteiger partial charge in [0.25, 0.3) is 15.9 Å². The second kappa shape index (κ2) is 9.12. The maximum absolute atomic E-state index is 13.5. The van der Waals surface area contributed by atoms with Crippen LogP contribution in [0.5, 0.6) is 5.75 Å². The van der Waals surface area contributed by atoms with E-state index in [0.717, 1.165) is 15.4 Å². The molecule has 31 heavy (non-hydrogen) atoms. The van der Waals surface area contributed by atoms with Crippen LogP contribution in [0.4, 0.5) is 5.69 Å². The van der Waals surface area contributed by atoms with Crippen molar-refractivity contribution in [3.8, 4) is 5.75 Å². The molecule has 0 N–H and O–H groups in total. The number of sulfonamides is 1. The van der Waals surface area contributed by atoms with Gasteiger partial charge < -0.3 is 4.74 Å². The molecular weight excluding hydrogens is 434 g/mol. The van der Waals surface area contributed by atoms with Gasteiger partial charge in [0.15, 0.2) is 6.10 Å². The van der Waals surface area contributed by atoms with E-state index in [1.807, 2.05) is 19.9 Å². The Morgan fingerprint density at radius 2 is 1.61 bits per heavy atom. The van der Waals surface area contributed by atoms with E-state index in [-0.39, 0.29) is 4.90 Å². The molecule has 0 radical (unpaired) electrons. The molecule has 0 saturated heterocycles. The average Bonchev–Trinajstić information content (AvgIpc) is 2.73. The normalized spacial score (nSPS) is 12.3. The zero-order valence-corrected chi connectivity index (χ0v) is 19.4. The molecule has 3 aromatic rings. The number of aryl methyl sites for hydroxylation is 3. The zero-order chi connectivity index (χ0) is 22.8. The first kappa shape index (κ1) is 22.8. The van der Waals surface area contributed by atoms with Crippen LogP contribution >= 0.6 is 11.6 Å². The number of carbonyl (C=O) groups is 1. The van der Waals surface area contributed by atoms with Gasteiger partial charge in [-0.15, -0.1) is 0 Å². The summed E-state index contributed by atoms with van der Waals surface area (Å²) in [6.45, 7) is 6.96. The Balaban J connectivity index is 2.07. The topological polar surface area (TPSA) is 63.7 Å². The lowest BCUT2D eigenvalue weighted by atomic mass is 10.1. The summed E-state index contributed by atoms with van der Waals surface area (Å²) >= 11 is 6.00. The summed E-state index contributed by atoms with van der Waals surface area (Å²) in [4.78, 5) is 13.5. The minimum absolute atomic E-state index is 0.0270. The summed E-state index contributed by atoms with van der Waals surface area (Å²) in [6, 6.07) is 18.3. The highest BCUT2D eigenvalue weighted by Crippen LogP contribution is 2.30. The first-order valence-corrected chi connectivity index (χ1v) is 11.6. The van der Waals surface area contributed by atoms with E-state index < -0.39 is 22.0 Å². The number of halogens is 1. The van der Waals surface area contributed by atoms with E-state index in [2.05, 4.69) is 0 Å². The third-order valence-electron chi connectivity index (χ3n) is 4.85. The van der Waals surface area contributed by atoms with Crippen molar-refractivity contribution in [1.82, 2.24) is 0 Å². The fraction of sp³-hybridized carbons (Fsp3) is 0.208. The van der Waals surface area contributed by atoms with Crippen molar-refractivity contribution in [3.63, 3.8) is 0 Å². The lowest BCUT2D eigenvalue weighted by molar-refractivity contribution is -0.123. The van der Waals surface area contributed by atoms with Crippen LogP contribution in [0, 0.1) is 20.8 Å². The van der Waals surface area contributed by atoms with E-state index in [4.69, 9.17) is 16.3 Å². The molecule has 1 unspecified atom stereocenters. The zero-order valence-electron chi connectivity index (χ0n) is 17.8. The second-order valence-corrected chi connectivity index (χ2v) is 9.60. The summed E-state index contributed by atoms with van der Waals surface area (Å²) in [5.41, 5.74) is 2.55. The molecule has 0 bridgehead atoms. The van der Waals surface area contributed by atoms with Gasteiger partial charge in [0.1, 0.15) is 5.75 Å². The van der Waals surface area contributed by atoms with Crippen LogP contribution in [0.3, 0.4) is 0 Å². The maximum atomic E-state index is 13.5. The average molecular weight is 458 g/mol. The van der Waals surface area contributed by atoms with Crippen molar-refractivity contribution in [1.29, 1.82) is 0 Å². The predicted octanol–water partition coefficient (Wildman–Crippen LogP) is 5.45. The number of ether oxygens (including phenoxy) is 1. The number of carbonyl (C=O) groups excluding carboxylic acids is 1. The highest BCUT2D eigenvalue weighted by Gasteiger charge is 2.35. The first-order valence-electron chi connectivity index (χ1n) is 9.75. The minimum atomic E-state index is -4.16. The van der Waals surface area contributed by atoms with Crippen LogP contribution in [0.25, 0.3) is 0 Å². The predicted molar refractivity (Wildman–Crippen MR) is 123 cm³/mol. The van der Waals surface area contributed by atoms with Gasteiger partial charge in [-0.25, -0.2) is 8.42 Å². The number of rotatable bonds is 6. The molecule has 1 amide bonds. The van der Waals surface area contributed by atoms with Crippen molar-refractivity contribution >= 4 is 33.2 Å². The largest absolute Gasteiger partial charge is 0.481 e. The monoisotopic (exact) mass is 457 g/mol. The van der Waals surface area contributed by atoms with Crippen LogP contribution in [-0.4, -0.2) is 20.4 Å². The molecule has 0 fully saturated rings. The quantitative estimate of drug-likeness (QED) is 0.493. The smallest absolute Gasteiger partial charge is 0.281 e. The Morgan fingerprint density at radius 1 is 0.935 bits per heavy atom. The summed E-state index contributed by atoms with van der Waals surface area (Å²) in [6.07, 6.45) is -1.06. The molecule has 0 aliphatic rings. The second-order valence-electron chi connectivity index (χ2n) is 7.38. The maximum Gasteiger partial charge on any atom is 0.281 e. The van der Waals surface area contributed by atoms with Crippen molar-refractivity contribution in [2.75, 3.05) is 4.31 Å². The SMILES string of the molecule is Cc1ccc(C)c(N(C(=O)C(C)Oc2ccc(Cl)cc2C)S(=O)(=O)c2ccccc2)c1. The van der Waals surface area contributed by atoms with Crippen LogP contribution < -0.4 is 9.04 Å². The van der Waals surface area contributed by atoms with E-state index in [1.165, 1.54) is 19.1 Å². The summed E-state index contributed by atoms with van der Waals surface area (Å²) in [5, 5.41) is 0.549. The fourth-order valence-electron chi connectivity index (χ4n) is 3.15. The molecule has 0 aromatic heterocycles. The summed E-state index contributed by atoms with van der Waals surface area (Å²) in [5.74, 6) is -0.227. The third kappa shape index (κ3) is 4.92. The minimum Gasteiger partial charge on any atom is -0.481 e. The lowest BCUT2D eigenvalue weighted by Gasteiger charge is -2.27. The van der Waals surface area contributed by atoms with Gasteiger partial charge in [-0.05, 0) is 80.8 Å². The number of benzene rings is 3. The molecule has 5 nitrogen and oxygen atoms in total. The molecule has 0 spiro atoms. The Kier molecular flexibility index (Phi) is 6.72. The van der Waals surface area contributed by atoms with Crippen molar-refractivity contribution in [3.05, 3.63) is 88.4 Å². The Labute approximate surface area is 188 Å². The van der Waals surface area contributed by atoms with Crippen LogP contribution in [0.1, 0.15) is 23.6 Å². The van der Waals surface area contributed by atoms with E-state index in [1.54, 1.807) is 55.5 Å². The van der Waals surface area contributed by atoms with Crippen LogP contribution in [-0.2, 0) is 14.8 Å². The van der Waals surface area contributed by atoms with Gasteiger partial charge in [0, 0.05) is 5.02 Å². The number of nitrogens with zero attached hydrogens (tertiary/aromatic N) is 1. The lowest BCUT2D eigenvalue weighted by Crippen LogP contribution is -2.44. The highest BCUT2D eigenvalue weighted by molar-refractivity contribution is 7.93. The van der Waals surface area contributed by atoms with Gasteiger partial charge in [-0.2, -0.15) is 4.31 Å². The van der Waals surface area contributed by atoms with Gasteiger partial charge in [0.2, 0.25) is 0 Å². The highest BCUT2D eigenvalue weighted by atomic mass is 35.5. The standard InChI is InChI=1S/C24H24ClNO4S/c1-16-10-11-17(2)22(14-16)26(31(28,29)21-8-6-5-7-9-21)24(27)19(4)30-23-13-12-20(25)15-18(23)3/h5-15,19H,1-4H3. The number of hydrogen-bond acceptors (Lipinski definition) is 4. The molecule has 7 heteroatoms. The van der Waals surface area contributed by atoms with E-state index in [0.29, 0.717) is 22.0 Å². The summed E-state index contributed by atoms with van der Waals surface area (Å²) in [7, 11) is -4.16. The molecule has 0 saturated carbocycles. The third-order valence-corrected chi connectivity index (χ3v) is 6.81. The van der Waals surface area contributed by atoms with E-state index >= 15 is 0 Å². The number of hydrogen-bond donors (Lipinski definition) is 0. The number of amides is 1.